The lowest BCUT2D eigenvalue weighted by molar-refractivity contribution is 0.0373. The fourth-order valence-electron chi connectivity index (χ4n) is 3.82. The van der Waals surface area contributed by atoms with Gasteiger partial charge in [-0.15, -0.1) is 0 Å². The van der Waals surface area contributed by atoms with Crippen molar-refractivity contribution in [1.82, 2.24) is 14.2 Å². The third-order valence-electron chi connectivity index (χ3n) is 5.94. The molecule has 9 heteroatoms. The number of pyridine rings is 1. The summed E-state index contributed by atoms with van der Waals surface area (Å²) in [4.78, 5) is 19.4. The molecule has 0 unspecified atom stereocenters. The highest BCUT2D eigenvalue weighted by Gasteiger charge is 2.35. The Morgan fingerprint density at radius 3 is 2.77 bits per heavy atom. The standard InChI is InChI=1S/C21H31N3O5S/c1-14-11-24(15(2)13-25)21(26)18-9-17(16-7-5-6-8-16)10-22-20(18)29-19(14)12-23(3)30(4,27)28/h7,9-10,14-15,19,25H,5-6,8,11-13H2,1-4H3/t14-,15-,19-/m1/s1. The van der Waals surface area contributed by atoms with Gasteiger partial charge in [-0.05, 0) is 43.4 Å². The SMILES string of the molecule is C[C@@H]1CN([C@H](C)CO)C(=O)c2cc(C3=CCCC3)cnc2O[C@@H]1CN(C)S(C)(=O)=O. The van der Waals surface area contributed by atoms with Gasteiger partial charge in [0.25, 0.3) is 5.91 Å². The zero-order valence-corrected chi connectivity index (χ0v) is 18.9. The smallest absolute Gasteiger partial charge is 0.259 e. The van der Waals surface area contributed by atoms with Crippen molar-refractivity contribution in [3.8, 4) is 5.88 Å². The summed E-state index contributed by atoms with van der Waals surface area (Å²) in [6.45, 7) is 4.02. The Morgan fingerprint density at radius 1 is 1.43 bits per heavy atom. The predicted octanol–water partition coefficient (Wildman–Crippen LogP) is 1.76. The topological polar surface area (TPSA) is 100 Å². The second kappa shape index (κ2) is 9.03. The Hall–Kier alpha value is -1.97. The minimum atomic E-state index is -3.38. The van der Waals surface area contributed by atoms with E-state index in [-0.39, 0.29) is 36.9 Å². The van der Waals surface area contributed by atoms with Crippen LogP contribution in [0.5, 0.6) is 5.88 Å². The van der Waals surface area contributed by atoms with Gasteiger partial charge in [-0.1, -0.05) is 13.0 Å². The van der Waals surface area contributed by atoms with Crippen LogP contribution in [0.1, 0.15) is 49.0 Å². The first kappa shape index (κ1) is 22.7. The Kier molecular flexibility index (Phi) is 6.84. The number of sulfonamides is 1. The second-order valence-electron chi connectivity index (χ2n) is 8.36. The maximum absolute atomic E-state index is 13.4. The molecule has 166 valence electrons. The number of nitrogens with zero attached hydrogens (tertiary/aromatic N) is 3. The number of hydrogen-bond acceptors (Lipinski definition) is 6. The van der Waals surface area contributed by atoms with E-state index in [2.05, 4.69) is 11.1 Å². The number of likely N-dealkylation sites (N-methyl/N-ethyl adjacent to an activating group) is 1. The first-order valence-electron chi connectivity index (χ1n) is 10.3. The molecule has 1 aromatic rings. The molecule has 0 spiro atoms. The van der Waals surface area contributed by atoms with E-state index in [0.717, 1.165) is 31.1 Å². The van der Waals surface area contributed by atoms with Crippen LogP contribution in [0.15, 0.2) is 18.3 Å². The Labute approximate surface area is 178 Å². The van der Waals surface area contributed by atoms with E-state index >= 15 is 0 Å². The number of amides is 1. The minimum Gasteiger partial charge on any atom is -0.472 e. The maximum atomic E-state index is 13.4. The monoisotopic (exact) mass is 437 g/mol. The van der Waals surface area contributed by atoms with Crippen LogP contribution >= 0.6 is 0 Å². The molecule has 1 aromatic heterocycles. The second-order valence-corrected chi connectivity index (χ2v) is 10.5. The molecule has 0 saturated carbocycles. The molecule has 30 heavy (non-hydrogen) atoms. The van der Waals surface area contributed by atoms with Crippen LogP contribution in [0.25, 0.3) is 5.57 Å². The van der Waals surface area contributed by atoms with Gasteiger partial charge in [0.1, 0.15) is 11.7 Å². The largest absolute Gasteiger partial charge is 0.472 e. The molecule has 0 aromatic carbocycles. The summed E-state index contributed by atoms with van der Waals surface area (Å²) >= 11 is 0. The van der Waals surface area contributed by atoms with Crippen LogP contribution in [0.2, 0.25) is 0 Å². The molecule has 1 amide bonds. The number of rotatable bonds is 6. The summed E-state index contributed by atoms with van der Waals surface area (Å²) in [7, 11) is -1.87. The zero-order chi connectivity index (χ0) is 22.1. The average molecular weight is 438 g/mol. The maximum Gasteiger partial charge on any atom is 0.259 e. The Balaban J connectivity index is 2.02. The molecule has 1 N–H and O–H groups in total. The van der Waals surface area contributed by atoms with E-state index in [1.54, 1.807) is 18.0 Å². The number of aliphatic hydroxyl groups excluding tert-OH is 1. The van der Waals surface area contributed by atoms with Crippen LogP contribution in [0.3, 0.4) is 0 Å². The quantitative estimate of drug-likeness (QED) is 0.728. The molecule has 2 aliphatic rings. The van der Waals surface area contributed by atoms with Crippen molar-refractivity contribution in [3.05, 3.63) is 29.5 Å². The molecule has 1 aliphatic heterocycles. The molecular formula is C21H31N3O5S. The zero-order valence-electron chi connectivity index (χ0n) is 18.0. The third-order valence-corrected chi connectivity index (χ3v) is 7.22. The van der Waals surface area contributed by atoms with Crippen molar-refractivity contribution in [2.24, 2.45) is 5.92 Å². The number of aliphatic hydroxyl groups is 1. The molecule has 8 nitrogen and oxygen atoms in total. The molecular weight excluding hydrogens is 406 g/mol. The van der Waals surface area contributed by atoms with Crippen LogP contribution in [0, 0.1) is 5.92 Å². The minimum absolute atomic E-state index is 0.142. The van der Waals surface area contributed by atoms with E-state index in [1.165, 1.54) is 16.9 Å². The summed E-state index contributed by atoms with van der Waals surface area (Å²) in [5, 5.41) is 9.71. The Morgan fingerprint density at radius 2 is 2.17 bits per heavy atom. The van der Waals surface area contributed by atoms with Gasteiger partial charge in [0.2, 0.25) is 15.9 Å². The van der Waals surface area contributed by atoms with E-state index in [1.807, 2.05) is 13.0 Å². The first-order chi connectivity index (χ1) is 14.1. The normalized spacial score (nSPS) is 23.5. The number of hydrogen-bond donors (Lipinski definition) is 1. The highest BCUT2D eigenvalue weighted by atomic mass is 32.2. The molecule has 3 atom stereocenters. The summed E-state index contributed by atoms with van der Waals surface area (Å²) in [5.74, 6) is -0.198. The lowest BCUT2D eigenvalue weighted by Crippen LogP contribution is -2.50. The molecule has 3 rings (SSSR count). The lowest BCUT2D eigenvalue weighted by atomic mass is 9.99. The molecule has 0 saturated heterocycles. The summed E-state index contributed by atoms with van der Waals surface area (Å²) in [6.07, 6.45) is 7.59. The van der Waals surface area contributed by atoms with Crippen molar-refractivity contribution in [3.63, 3.8) is 0 Å². The van der Waals surface area contributed by atoms with Gasteiger partial charge in [-0.2, -0.15) is 0 Å². The first-order valence-corrected chi connectivity index (χ1v) is 12.2. The van der Waals surface area contributed by atoms with Crippen molar-refractivity contribution < 1.29 is 23.1 Å². The predicted molar refractivity (Wildman–Crippen MR) is 115 cm³/mol. The van der Waals surface area contributed by atoms with Crippen LogP contribution in [-0.4, -0.2) is 78.8 Å². The molecule has 0 bridgehead atoms. The number of allylic oxidation sites excluding steroid dienone is 2. The van der Waals surface area contributed by atoms with Gasteiger partial charge >= 0.3 is 0 Å². The van der Waals surface area contributed by atoms with Gasteiger partial charge in [-0.25, -0.2) is 17.7 Å². The van der Waals surface area contributed by atoms with E-state index in [4.69, 9.17) is 4.74 Å². The van der Waals surface area contributed by atoms with Crippen LogP contribution in [0.4, 0.5) is 0 Å². The van der Waals surface area contributed by atoms with E-state index < -0.39 is 16.1 Å². The van der Waals surface area contributed by atoms with Gasteiger partial charge < -0.3 is 14.7 Å². The number of carbonyl (C=O) groups excluding carboxylic acids is 1. The van der Waals surface area contributed by atoms with Gasteiger partial charge in [0.15, 0.2) is 0 Å². The number of carbonyl (C=O) groups is 1. The third kappa shape index (κ3) is 4.84. The molecule has 0 fully saturated rings. The highest BCUT2D eigenvalue weighted by molar-refractivity contribution is 7.88. The number of fused-ring (bicyclic) bond motifs is 1. The Bertz CT molecular complexity index is 931. The fraction of sp³-hybridized carbons (Fsp3) is 0.619. The van der Waals surface area contributed by atoms with Crippen LogP contribution in [-0.2, 0) is 10.0 Å². The van der Waals surface area contributed by atoms with Gasteiger partial charge in [0.05, 0.1) is 25.4 Å². The van der Waals surface area contributed by atoms with Crippen molar-refractivity contribution >= 4 is 21.5 Å². The van der Waals surface area contributed by atoms with Crippen molar-refractivity contribution in [1.29, 1.82) is 0 Å². The van der Waals surface area contributed by atoms with E-state index in [9.17, 15) is 18.3 Å². The van der Waals surface area contributed by atoms with E-state index in [0.29, 0.717) is 12.1 Å². The molecule has 1 aliphatic carbocycles. The lowest BCUT2D eigenvalue weighted by Gasteiger charge is -2.37. The van der Waals surface area contributed by atoms with Crippen molar-refractivity contribution in [2.45, 2.75) is 45.3 Å². The van der Waals surface area contributed by atoms with Crippen LogP contribution < -0.4 is 4.74 Å². The number of aromatic nitrogens is 1. The molecule has 2 heterocycles. The summed E-state index contributed by atoms with van der Waals surface area (Å²) < 4.78 is 31.2. The fourth-order valence-corrected chi connectivity index (χ4v) is 4.24. The van der Waals surface area contributed by atoms with Gasteiger partial charge in [0, 0.05) is 25.7 Å². The molecule has 0 radical (unpaired) electrons. The number of ether oxygens (including phenoxy) is 1. The summed E-state index contributed by atoms with van der Waals surface area (Å²) in [5.41, 5.74) is 2.42. The summed E-state index contributed by atoms with van der Waals surface area (Å²) in [6, 6.07) is 1.43. The highest BCUT2D eigenvalue weighted by Crippen LogP contribution is 2.32. The van der Waals surface area contributed by atoms with Crippen molar-refractivity contribution in [2.75, 3.05) is 33.0 Å². The van der Waals surface area contributed by atoms with Gasteiger partial charge in [-0.3, -0.25) is 4.79 Å². The average Bonchev–Trinajstić information content (AvgIpc) is 3.23.